The lowest BCUT2D eigenvalue weighted by atomic mass is 10.1. The molecule has 142 valence electrons. The molecule has 9 heteroatoms. The monoisotopic (exact) mass is 393 g/mol. The summed E-state index contributed by atoms with van der Waals surface area (Å²) in [5, 5.41) is 9.33. The Bertz CT molecular complexity index is 1080. The number of sulfonamides is 1. The first-order valence-corrected chi connectivity index (χ1v) is 9.46. The van der Waals surface area contributed by atoms with Crippen LogP contribution < -0.4 is 9.88 Å². The normalized spacial score (nSPS) is 12.8. The standard InChI is InChI=1S/C18H17F2N3O3S/c1-11(19)16-10-17(12-3-8-18(26-2)15(20)9-12)23(22-16)13-4-6-14(7-5-13)27(21,24)25/h3-11H,1-2H3,(H2,21,24,25). The summed E-state index contributed by atoms with van der Waals surface area (Å²) in [6, 6.07) is 11.5. The Labute approximate surface area is 155 Å². The van der Waals surface area contributed by atoms with Crippen molar-refractivity contribution in [1.82, 2.24) is 9.78 Å². The van der Waals surface area contributed by atoms with Crippen LogP contribution in [-0.4, -0.2) is 25.3 Å². The van der Waals surface area contributed by atoms with Gasteiger partial charge in [0.2, 0.25) is 10.0 Å². The van der Waals surface area contributed by atoms with Crippen LogP contribution in [0.4, 0.5) is 8.78 Å². The number of hydrogen-bond acceptors (Lipinski definition) is 4. The number of nitrogens with two attached hydrogens (primary N) is 1. The van der Waals surface area contributed by atoms with E-state index in [9.17, 15) is 17.2 Å². The molecule has 0 fully saturated rings. The fourth-order valence-electron chi connectivity index (χ4n) is 2.60. The highest BCUT2D eigenvalue weighted by Gasteiger charge is 2.17. The number of primary sulfonamides is 1. The number of ether oxygens (including phenoxy) is 1. The molecule has 0 bridgehead atoms. The Morgan fingerprint density at radius 2 is 1.81 bits per heavy atom. The maximum absolute atomic E-state index is 14.1. The number of methoxy groups -OCH3 is 1. The average molecular weight is 393 g/mol. The maximum Gasteiger partial charge on any atom is 0.238 e. The second kappa shape index (κ2) is 7.09. The van der Waals surface area contributed by atoms with Crippen LogP contribution in [0, 0.1) is 5.82 Å². The number of hydrogen-bond donors (Lipinski definition) is 1. The van der Waals surface area contributed by atoms with Crippen molar-refractivity contribution in [2.45, 2.75) is 18.0 Å². The van der Waals surface area contributed by atoms with Gasteiger partial charge in [-0.1, -0.05) is 0 Å². The lowest BCUT2D eigenvalue weighted by Crippen LogP contribution is -2.12. The molecule has 1 atom stereocenters. The van der Waals surface area contributed by atoms with Gasteiger partial charge in [0.15, 0.2) is 11.6 Å². The van der Waals surface area contributed by atoms with Crippen molar-refractivity contribution >= 4 is 10.0 Å². The predicted octanol–water partition coefficient (Wildman–Crippen LogP) is 3.36. The van der Waals surface area contributed by atoms with Gasteiger partial charge in [-0.3, -0.25) is 0 Å². The van der Waals surface area contributed by atoms with Crippen molar-refractivity contribution in [3.63, 3.8) is 0 Å². The molecule has 0 aliphatic heterocycles. The number of alkyl halides is 1. The number of rotatable bonds is 5. The fraction of sp³-hybridized carbons (Fsp3) is 0.167. The summed E-state index contributed by atoms with van der Waals surface area (Å²) in [4.78, 5) is -0.0606. The summed E-state index contributed by atoms with van der Waals surface area (Å²) in [5.74, 6) is -0.483. The summed E-state index contributed by atoms with van der Waals surface area (Å²) >= 11 is 0. The average Bonchev–Trinajstić information content (AvgIpc) is 3.06. The molecule has 6 nitrogen and oxygen atoms in total. The van der Waals surface area contributed by atoms with Crippen molar-refractivity contribution in [3.8, 4) is 22.7 Å². The molecule has 3 rings (SSSR count). The van der Waals surface area contributed by atoms with Crippen LogP contribution in [0.25, 0.3) is 16.9 Å². The van der Waals surface area contributed by atoms with Crippen LogP contribution in [0.2, 0.25) is 0 Å². The van der Waals surface area contributed by atoms with Gasteiger partial charge in [-0.15, -0.1) is 0 Å². The second-order valence-corrected chi connectivity index (χ2v) is 7.43. The molecule has 0 aliphatic carbocycles. The minimum Gasteiger partial charge on any atom is -0.494 e. The van der Waals surface area contributed by atoms with E-state index in [4.69, 9.17) is 9.88 Å². The summed E-state index contributed by atoms with van der Waals surface area (Å²) in [6.07, 6.45) is -1.34. The van der Waals surface area contributed by atoms with Gasteiger partial charge in [0.05, 0.1) is 29.1 Å². The maximum atomic E-state index is 14.1. The quantitative estimate of drug-likeness (QED) is 0.720. The lowest BCUT2D eigenvalue weighted by Gasteiger charge is -2.09. The van der Waals surface area contributed by atoms with Crippen LogP contribution >= 0.6 is 0 Å². The minimum atomic E-state index is -3.84. The highest BCUT2D eigenvalue weighted by atomic mass is 32.2. The molecular weight excluding hydrogens is 376 g/mol. The SMILES string of the molecule is COc1ccc(-c2cc(C(C)F)nn2-c2ccc(S(N)(=O)=O)cc2)cc1F. The van der Waals surface area contributed by atoms with Crippen molar-refractivity contribution in [3.05, 3.63) is 60.0 Å². The molecule has 0 amide bonds. The van der Waals surface area contributed by atoms with E-state index in [1.807, 2.05) is 0 Å². The van der Waals surface area contributed by atoms with Crippen molar-refractivity contribution in [2.24, 2.45) is 5.14 Å². The smallest absolute Gasteiger partial charge is 0.238 e. The third-order valence-corrected chi connectivity index (χ3v) is 4.92. The van der Waals surface area contributed by atoms with Crippen LogP contribution in [0.15, 0.2) is 53.4 Å². The van der Waals surface area contributed by atoms with E-state index in [1.165, 1.54) is 61.2 Å². The van der Waals surface area contributed by atoms with E-state index in [-0.39, 0.29) is 16.3 Å². The highest BCUT2D eigenvalue weighted by Crippen LogP contribution is 2.30. The van der Waals surface area contributed by atoms with E-state index < -0.39 is 22.0 Å². The molecule has 0 saturated heterocycles. The molecule has 1 aromatic heterocycles. The van der Waals surface area contributed by atoms with E-state index in [0.717, 1.165) is 0 Å². The number of halogens is 2. The zero-order valence-corrected chi connectivity index (χ0v) is 15.4. The van der Waals surface area contributed by atoms with Gasteiger partial charge < -0.3 is 4.74 Å². The Morgan fingerprint density at radius 1 is 1.15 bits per heavy atom. The van der Waals surface area contributed by atoms with Crippen LogP contribution in [0.1, 0.15) is 18.8 Å². The van der Waals surface area contributed by atoms with Crippen LogP contribution in [-0.2, 0) is 10.0 Å². The minimum absolute atomic E-state index is 0.0606. The summed E-state index contributed by atoms with van der Waals surface area (Å²) in [7, 11) is -2.48. The summed E-state index contributed by atoms with van der Waals surface area (Å²) < 4.78 is 57.1. The topological polar surface area (TPSA) is 87.2 Å². The lowest BCUT2D eigenvalue weighted by molar-refractivity contribution is 0.364. The molecule has 0 spiro atoms. The van der Waals surface area contributed by atoms with Crippen molar-refractivity contribution < 1.29 is 21.9 Å². The molecule has 2 aromatic carbocycles. The largest absolute Gasteiger partial charge is 0.494 e. The Morgan fingerprint density at radius 3 is 2.33 bits per heavy atom. The molecule has 2 N–H and O–H groups in total. The molecule has 0 saturated carbocycles. The highest BCUT2D eigenvalue weighted by molar-refractivity contribution is 7.89. The Kier molecular flexibility index (Phi) is 4.99. The van der Waals surface area contributed by atoms with E-state index in [2.05, 4.69) is 5.10 Å². The molecular formula is C18H17F2N3O3S. The first-order valence-electron chi connectivity index (χ1n) is 7.92. The Hall–Kier alpha value is -2.78. The van der Waals surface area contributed by atoms with Gasteiger partial charge in [-0.2, -0.15) is 5.10 Å². The van der Waals surface area contributed by atoms with Crippen molar-refractivity contribution in [2.75, 3.05) is 7.11 Å². The molecule has 0 radical (unpaired) electrons. The molecule has 27 heavy (non-hydrogen) atoms. The van der Waals surface area contributed by atoms with Gasteiger partial charge >= 0.3 is 0 Å². The zero-order valence-electron chi connectivity index (χ0n) is 14.6. The van der Waals surface area contributed by atoms with E-state index in [0.29, 0.717) is 16.9 Å². The summed E-state index contributed by atoms with van der Waals surface area (Å²) in [6.45, 7) is 1.34. The van der Waals surface area contributed by atoms with Crippen LogP contribution in [0.5, 0.6) is 5.75 Å². The predicted molar refractivity (Wildman–Crippen MR) is 96.4 cm³/mol. The van der Waals surface area contributed by atoms with E-state index in [1.54, 1.807) is 6.07 Å². The fourth-order valence-corrected chi connectivity index (χ4v) is 3.11. The number of benzene rings is 2. The van der Waals surface area contributed by atoms with E-state index >= 15 is 0 Å². The third kappa shape index (κ3) is 3.83. The van der Waals surface area contributed by atoms with Gasteiger partial charge in [0.1, 0.15) is 6.17 Å². The molecule has 0 aliphatic rings. The summed E-state index contributed by atoms with van der Waals surface area (Å²) in [5.41, 5.74) is 1.54. The molecule has 1 unspecified atom stereocenters. The first kappa shape index (κ1) is 19.0. The number of nitrogens with zero attached hydrogens (tertiary/aromatic N) is 2. The molecule has 1 heterocycles. The number of aromatic nitrogens is 2. The van der Waals surface area contributed by atoms with Gasteiger partial charge in [-0.25, -0.2) is 27.0 Å². The Balaban J connectivity index is 2.14. The van der Waals surface area contributed by atoms with Crippen LogP contribution in [0.3, 0.4) is 0 Å². The molecule has 3 aromatic rings. The van der Waals surface area contributed by atoms with Gasteiger partial charge in [-0.05, 0) is 55.5 Å². The van der Waals surface area contributed by atoms with Gasteiger partial charge in [0.25, 0.3) is 0 Å². The zero-order chi connectivity index (χ0) is 19.8. The third-order valence-electron chi connectivity index (χ3n) is 3.99. The van der Waals surface area contributed by atoms with Crippen molar-refractivity contribution in [1.29, 1.82) is 0 Å². The second-order valence-electron chi connectivity index (χ2n) is 5.87. The first-order chi connectivity index (χ1) is 12.7. The van der Waals surface area contributed by atoms with Gasteiger partial charge in [0, 0.05) is 5.56 Å².